The lowest BCUT2D eigenvalue weighted by Gasteiger charge is -2.21. The fourth-order valence-corrected chi connectivity index (χ4v) is 4.42. The molecule has 0 fully saturated rings. The Kier molecular flexibility index (Phi) is 13.0. The van der Waals surface area contributed by atoms with E-state index >= 15 is 0 Å². The third kappa shape index (κ3) is 10.5. The van der Waals surface area contributed by atoms with Crippen LogP contribution < -0.4 is 9.47 Å². The quantitative estimate of drug-likeness (QED) is 0.161. The Morgan fingerprint density at radius 2 is 1.07 bits per heavy atom. The van der Waals surface area contributed by atoms with E-state index in [1.54, 1.807) is 36.4 Å². The van der Waals surface area contributed by atoms with Crippen molar-refractivity contribution in [2.75, 3.05) is 5.33 Å². The van der Waals surface area contributed by atoms with Crippen LogP contribution in [0.3, 0.4) is 0 Å². The van der Waals surface area contributed by atoms with Crippen molar-refractivity contribution in [3.05, 3.63) is 131 Å². The Bertz CT molecular complexity index is 1360. The van der Waals surface area contributed by atoms with Crippen LogP contribution in [-0.2, 0) is 13.2 Å². The molecule has 4 nitrogen and oxygen atoms in total. The van der Waals surface area contributed by atoms with E-state index < -0.39 is 23.8 Å². The number of benzene rings is 4. The van der Waals surface area contributed by atoms with Gasteiger partial charge in [-0.2, -0.15) is 0 Å². The molecule has 0 amide bonds. The average molecular weight is 642 g/mol. The molecule has 0 aliphatic carbocycles. The first-order valence-electron chi connectivity index (χ1n) is 13.9. The molecule has 42 heavy (non-hydrogen) atoms. The Hall–Kier alpha value is -3.26. The van der Waals surface area contributed by atoms with Gasteiger partial charge < -0.3 is 19.7 Å². The summed E-state index contributed by atoms with van der Waals surface area (Å²) in [6.07, 6.45) is -0.333. The van der Waals surface area contributed by atoms with Crippen molar-refractivity contribution in [1.82, 2.24) is 0 Å². The van der Waals surface area contributed by atoms with Crippen LogP contribution in [0.1, 0.15) is 68.1 Å². The van der Waals surface area contributed by atoms with Crippen molar-refractivity contribution in [3.8, 4) is 11.5 Å². The number of rotatable bonds is 11. The second kappa shape index (κ2) is 16.4. The van der Waals surface area contributed by atoms with Gasteiger partial charge in [-0.25, -0.2) is 8.78 Å². The predicted molar refractivity (Wildman–Crippen MR) is 167 cm³/mol. The van der Waals surface area contributed by atoms with Crippen LogP contribution >= 0.6 is 15.9 Å². The maximum atomic E-state index is 14.6. The summed E-state index contributed by atoms with van der Waals surface area (Å²) in [6.45, 7) is 6.92. The minimum absolute atomic E-state index is 0.110. The fraction of sp³-hybridized carbons (Fsp3) is 0.314. The lowest BCUT2D eigenvalue weighted by atomic mass is 9.88. The number of ether oxygens (including phenoxy) is 2. The van der Waals surface area contributed by atoms with Crippen LogP contribution in [0.5, 0.6) is 11.5 Å². The molecule has 0 heterocycles. The molecule has 0 bridgehead atoms. The summed E-state index contributed by atoms with van der Waals surface area (Å²) >= 11 is 3.13. The van der Waals surface area contributed by atoms with E-state index in [2.05, 4.69) is 36.7 Å². The summed E-state index contributed by atoms with van der Waals surface area (Å²) in [5, 5.41) is 20.2. The zero-order valence-electron chi connectivity index (χ0n) is 24.3. The van der Waals surface area contributed by atoms with Gasteiger partial charge in [-0.1, -0.05) is 122 Å². The number of hydrogen-bond donors (Lipinski definition) is 2. The Morgan fingerprint density at radius 1 is 0.643 bits per heavy atom. The molecule has 4 rings (SSSR count). The number of hydrogen-bond acceptors (Lipinski definition) is 4. The number of aliphatic hydroxyl groups is 2. The zero-order chi connectivity index (χ0) is 30.5. The second-order valence-electron chi connectivity index (χ2n) is 11.2. The molecule has 0 saturated carbocycles. The summed E-state index contributed by atoms with van der Waals surface area (Å²) in [5.41, 5.74) is 2.60. The van der Waals surface area contributed by atoms with Crippen LogP contribution in [-0.4, -0.2) is 15.5 Å². The summed E-state index contributed by atoms with van der Waals surface area (Å²) in [5.74, 6) is -0.641. The summed E-state index contributed by atoms with van der Waals surface area (Å²) in [6, 6.07) is 28.9. The third-order valence-electron chi connectivity index (χ3n) is 6.49. The molecule has 0 unspecified atom stereocenters. The average Bonchev–Trinajstić information content (AvgIpc) is 2.99. The molecule has 0 saturated heterocycles. The highest BCUT2D eigenvalue weighted by molar-refractivity contribution is 9.09. The standard InChI is InChI=1S/C20H25FO2.C15H14BrFO2/c1-20(2,3)13-12-17(22)16-10-7-11-18(19(16)21)23-14-15-8-5-4-6-9-15;16-9-13(18)12-7-4-8-14(15(12)17)19-10-11-5-2-1-3-6-11/h4-11,17,22H,12-14H2,1-3H3;1-8,13,18H,9-10H2/t17-;13-/m00/s1. The summed E-state index contributed by atoms with van der Waals surface area (Å²) in [4.78, 5) is 0. The first kappa shape index (κ1) is 33.2. The van der Waals surface area contributed by atoms with Gasteiger partial charge in [-0.3, -0.25) is 0 Å². The number of aliphatic hydroxyl groups excluding tert-OH is 2. The van der Waals surface area contributed by atoms with E-state index in [9.17, 15) is 19.0 Å². The van der Waals surface area contributed by atoms with Crippen LogP contribution in [0, 0.1) is 17.0 Å². The van der Waals surface area contributed by atoms with Crippen molar-refractivity contribution in [3.63, 3.8) is 0 Å². The molecule has 4 aromatic rings. The smallest absolute Gasteiger partial charge is 0.170 e. The van der Waals surface area contributed by atoms with Crippen LogP contribution in [0.2, 0.25) is 0 Å². The van der Waals surface area contributed by atoms with Gasteiger partial charge in [0, 0.05) is 16.5 Å². The minimum Gasteiger partial charge on any atom is -0.486 e. The fourth-order valence-electron chi connectivity index (χ4n) is 4.07. The molecular weight excluding hydrogens is 602 g/mol. The Morgan fingerprint density at radius 3 is 1.48 bits per heavy atom. The highest BCUT2D eigenvalue weighted by Gasteiger charge is 2.20. The maximum absolute atomic E-state index is 14.6. The highest BCUT2D eigenvalue weighted by atomic mass is 79.9. The minimum atomic E-state index is -0.875. The van der Waals surface area contributed by atoms with Gasteiger partial charge in [-0.05, 0) is 41.5 Å². The molecule has 224 valence electrons. The van der Waals surface area contributed by atoms with Crippen molar-refractivity contribution < 1.29 is 28.5 Å². The molecule has 0 aliphatic heterocycles. The van der Waals surface area contributed by atoms with E-state index in [1.807, 2.05) is 60.7 Å². The van der Waals surface area contributed by atoms with E-state index in [4.69, 9.17) is 9.47 Å². The summed E-state index contributed by atoms with van der Waals surface area (Å²) < 4.78 is 39.7. The lowest BCUT2D eigenvalue weighted by Crippen LogP contribution is -2.09. The molecular formula is C35H39BrF2O4. The van der Waals surface area contributed by atoms with Crippen molar-refractivity contribution >= 4 is 15.9 Å². The van der Waals surface area contributed by atoms with Gasteiger partial charge in [0.25, 0.3) is 0 Å². The van der Waals surface area contributed by atoms with Crippen molar-refractivity contribution in [2.24, 2.45) is 5.41 Å². The van der Waals surface area contributed by atoms with E-state index in [0.717, 1.165) is 17.5 Å². The van der Waals surface area contributed by atoms with Gasteiger partial charge in [0.15, 0.2) is 23.1 Å². The second-order valence-corrected chi connectivity index (χ2v) is 11.8. The largest absolute Gasteiger partial charge is 0.486 e. The molecule has 4 aromatic carbocycles. The lowest BCUT2D eigenvalue weighted by molar-refractivity contribution is 0.142. The van der Waals surface area contributed by atoms with E-state index in [-0.39, 0.29) is 27.8 Å². The van der Waals surface area contributed by atoms with Crippen molar-refractivity contribution in [1.29, 1.82) is 0 Å². The van der Waals surface area contributed by atoms with Crippen molar-refractivity contribution in [2.45, 2.75) is 59.0 Å². The van der Waals surface area contributed by atoms with Crippen LogP contribution in [0.15, 0.2) is 97.1 Å². The molecule has 0 aliphatic rings. The molecule has 0 aromatic heterocycles. The molecule has 2 atom stereocenters. The number of alkyl halides is 1. The first-order chi connectivity index (χ1) is 20.1. The Labute approximate surface area is 256 Å². The SMILES string of the molecule is CC(C)(C)CC[C@H](O)c1cccc(OCc2ccccc2)c1F.O[C@@H](CBr)c1cccc(OCc2ccccc2)c1F. The van der Waals surface area contributed by atoms with Gasteiger partial charge in [0.1, 0.15) is 13.2 Å². The van der Waals surface area contributed by atoms with Crippen LogP contribution in [0.4, 0.5) is 8.78 Å². The Balaban J connectivity index is 0.000000235. The molecule has 7 heteroatoms. The van der Waals surface area contributed by atoms with Gasteiger partial charge in [0.05, 0.1) is 12.2 Å². The van der Waals surface area contributed by atoms with Gasteiger partial charge in [-0.15, -0.1) is 0 Å². The zero-order valence-corrected chi connectivity index (χ0v) is 25.9. The maximum Gasteiger partial charge on any atom is 0.170 e. The first-order valence-corrected chi connectivity index (χ1v) is 15.0. The number of halogens is 3. The molecule has 0 radical (unpaired) electrons. The molecule has 0 spiro atoms. The van der Waals surface area contributed by atoms with E-state index in [1.165, 1.54) is 0 Å². The third-order valence-corrected chi connectivity index (χ3v) is 7.11. The van der Waals surface area contributed by atoms with Gasteiger partial charge >= 0.3 is 0 Å². The van der Waals surface area contributed by atoms with E-state index in [0.29, 0.717) is 25.2 Å². The van der Waals surface area contributed by atoms with Gasteiger partial charge in [0.2, 0.25) is 0 Å². The topological polar surface area (TPSA) is 58.9 Å². The predicted octanol–water partition coefficient (Wildman–Crippen LogP) is 9.10. The highest BCUT2D eigenvalue weighted by Crippen LogP contribution is 2.32. The molecule has 2 N–H and O–H groups in total. The summed E-state index contributed by atoms with van der Waals surface area (Å²) in [7, 11) is 0. The normalized spacial score (nSPS) is 12.6. The monoisotopic (exact) mass is 640 g/mol. The van der Waals surface area contributed by atoms with Crippen LogP contribution in [0.25, 0.3) is 0 Å².